The van der Waals surface area contributed by atoms with E-state index in [0.717, 1.165) is 38.6 Å². The SMILES string of the molecule is O=P(O)(O)CCCCCCCCNC(=S)S. The van der Waals surface area contributed by atoms with E-state index in [1.807, 2.05) is 0 Å². The van der Waals surface area contributed by atoms with Crippen LogP contribution < -0.4 is 5.32 Å². The Morgan fingerprint density at radius 2 is 1.62 bits per heavy atom. The maximum absolute atomic E-state index is 10.5. The molecular weight excluding hydrogens is 265 g/mol. The number of thiocarbonyl (C=S) groups is 1. The number of unbranched alkanes of at least 4 members (excludes halogenated alkanes) is 5. The van der Waals surface area contributed by atoms with Gasteiger partial charge in [0.25, 0.3) is 0 Å². The summed E-state index contributed by atoms with van der Waals surface area (Å²) in [6, 6.07) is 0. The molecule has 0 aromatic carbocycles. The minimum Gasteiger partial charge on any atom is -0.371 e. The highest BCUT2D eigenvalue weighted by Gasteiger charge is 2.10. The largest absolute Gasteiger partial charge is 0.371 e. The normalized spacial score (nSPS) is 11.4. The molecule has 7 heteroatoms. The van der Waals surface area contributed by atoms with E-state index in [2.05, 4.69) is 17.9 Å². The summed E-state index contributed by atoms with van der Waals surface area (Å²) in [7, 11) is -3.78. The Labute approximate surface area is 108 Å². The summed E-state index contributed by atoms with van der Waals surface area (Å²) in [5.41, 5.74) is 0. The van der Waals surface area contributed by atoms with Crippen molar-refractivity contribution in [2.24, 2.45) is 0 Å². The monoisotopic (exact) mass is 285 g/mol. The van der Waals surface area contributed by atoms with Crippen molar-refractivity contribution in [3.63, 3.8) is 0 Å². The van der Waals surface area contributed by atoms with Gasteiger partial charge >= 0.3 is 7.60 Å². The van der Waals surface area contributed by atoms with Crippen molar-refractivity contribution in [1.29, 1.82) is 0 Å². The van der Waals surface area contributed by atoms with Crippen LogP contribution in [0, 0.1) is 0 Å². The van der Waals surface area contributed by atoms with Crippen LogP contribution in [0.4, 0.5) is 0 Å². The summed E-state index contributed by atoms with van der Waals surface area (Å²) in [6.07, 6.45) is 5.82. The molecule has 0 aliphatic carbocycles. The van der Waals surface area contributed by atoms with Crippen molar-refractivity contribution in [3.8, 4) is 0 Å². The summed E-state index contributed by atoms with van der Waals surface area (Å²) in [5.74, 6) is 0. The average molecular weight is 285 g/mol. The van der Waals surface area contributed by atoms with Crippen molar-refractivity contribution < 1.29 is 14.4 Å². The standard InChI is InChI=1S/C9H20NO3PS2/c11-14(12,13)8-6-4-2-1-3-5-7-10-9(15)16/h1-8H2,(H2,10,15,16)(H2,11,12,13). The number of thiol groups is 1. The molecule has 0 aromatic rings. The Morgan fingerprint density at radius 3 is 2.12 bits per heavy atom. The Kier molecular flexibility index (Phi) is 9.65. The molecule has 0 rings (SSSR count). The molecule has 0 heterocycles. The van der Waals surface area contributed by atoms with E-state index in [1.165, 1.54) is 0 Å². The van der Waals surface area contributed by atoms with Crippen LogP contribution in [-0.2, 0) is 4.57 Å². The highest BCUT2D eigenvalue weighted by molar-refractivity contribution is 8.11. The predicted molar refractivity (Wildman–Crippen MR) is 74.2 cm³/mol. The minimum atomic E-state index is -3.78. The smallest absolute Gasteiger partial charge is 0.325 e. The molecule has 0 radical (unpaired) electrons. The quantitative estimate of drug-likeness (QED) is 0.226. The molecule has 0 amide bonds. The molecule has 0 saturated carbocycles. The molecule has 0 bridgehead atoms. The van der Waals surface area contributed by atoms with E-state index >= 15 is 0 Å². The van der Waals surface area contributed by atoms with Crippen LogP contribution in [0.2, 0.25) is 0 Å². The molecule has 0 aromatic heterocycles. The van der Waals surface area contributed by atoms with E-state index in [4.69, 9.17) is 22.0 Å². The fraction of sp³-hybridized carbons (Fsp3) is 0.889. The van der Waals surface area contributed by atoms with Gasteiger partial charge in [0.1, 0.15) is 4.32 Å². The van der Waals surface area contributed by atoms with Gasteiger partial charge in [0.2, 0.25) is 0 Å². The second kappa shape index (κ2) is 9.42. The van der Waals surface area contributed by atoms with Crippen LogP contribution in [-0.4, -0.2) is 26.8 Å². The molecular formula is C9H20NO3PS2. The first-order chi connectivity index (χ1) is 7.42. The Morgan fingerprint density at radius 1 is 1.12 bits per heavy atom. The number of hydrogen-bond acceptors (Lipinski definition) is 2. The number of rotatable bonds is 9. The first-order valence-corrected chi connectivity index (χ1v) is 8.08. The van der Waals surface area contributed by atoms with Gasteiger partial charge < -0.3 is 15.1 Å². The molecule has 0 aliphatic rings. The molecule has 0 fully saturated rings. The van der Waals surface area contributed by atoms with Gasteiger partial charge in [-0.05, 0) is 12.8 Å². The summed E-state index contributed by atoms with van der Waals surface area (Å²) in [4.78, 5) is 17.3. The van der Waals surface area contributed by atoms with Gasteiger partial charge in [-0.1, -0.05) is 37.9 Å². The van der Waals surface area contributed by atoms with Crippen molar-refractivity contribution in [2.75, 3.05) is 12.7 Å². The van der Waals surface area contributed by atoms with Crippen LogP contribution in [0.1, 0.15) is 38.5 Å². The molecule has 3 N–H and O–H groups in total. The van der Waals surface area contributed by atoms with Gasteiger partial charge in [0.15, 0.2) is 0 Å². The molecule has 4 nitrogen and oxygen atoms in total. The molecule has 0 unspecified atom stereocenters. The molecule has 16 heavy (non-hydrogen) atoms. The first kappa shape index (κ1) is 16.4. The third kappa shape index (κ3) is 14.4. The van der Waals surface area contributed by atoms with Crippen molar-refractivity contribution in [1.82, 2.24) is 5.32 Å². The molecule has 0 spiro atoms. The molecule has 96 valence electrons. The van der Waals surface area contributed by atoms with E-state index in [0.29, 0.717) is 10.7 Å². The third-order valence-corrected chi connectivity index (χ3v) is 3.35. The maximum Gasteiger partial charge on any atom is 0.325 e. The topological polar surface area (TPSA) is 69.6 Å². The first-order valence-electron chi connectivity index (χ1n) is 5.43. The zero-order chi connectivity index (χ0) is 12.4. The van der Waals surface area contributed by atoms with Crippen LogP contribution >= 0.6 is 32.4 Å². The van der Waals surface area contributed by atoms with Gasteiger partial charge in [0, 0.05) is 12.7 Å². The predicted octanol–water partition coefficient (Wildman–Crippen LogP) is 2.31. The van der Waals surface area contributed by atoms with Crippen LogP contribution in [0.25, 0.3) is 0 Å². The summed E-state index contributed by atoms with van der Waals surface area (Å²) in [5, 5.41) is 2.96. The molecule has 0 atom stereocenters. The van der Waals surface area contributed by atoms with Crippen molar-refractivity contribution in [3.05, 3.63) is 0 Å². The number of hydrogen-bond donors (Lipinski definition) is 4. The van der Waals surface area contributed by atoms with Gasteiger partial charge in [0.05, 0.1) is 0 Å². The second-order valence-electron chi connectivity index (χ2n) is 3.74. The Bertz CT molecular complexity index is 245. The summed E-state index contributed by atoms with van der Waals surface area (Å²) < 4.78 is 11.1. The summed E-state index contributed by atoms with van der Waals surface area (Å²) in [6.45, 7) is 0.852. The fourth-order valence-corrected chi connectivity index (χ4v) is 2.19. The van der Waals surface area contributed by atoms with Gasteiger partial charge in [-0.15, -0.1) is 12.6 Å². The fourth-order valence-electron chi connectivity index (χ4n) is 1.35. The lowest BCUT2D eigenvalue weighted by Gasteiger charge is -2.04. The van der Waals surface area contributed by atoms with Crippen molar-refractivity contribution in [2.45, 2.75) is 38.5 Å². The van der Waals surface area contributed by atoms with E-state index < -0.39 is 7.60 Å². The third-order valence-electron chi connectivity index (χ3n) is 2.15. The lowest BCUT2D eigenvalue weighted by Crippen LogP contribution is -2.17. The molecule has 0 aliphatic heterocycles. The number of nitrogens with one attached hydrogen (secondary N) is 1. The van der Waals surface area contributed by atoms with Gasteiger partial charge in [-0.3, -0.25) is 4.57 Å². The summed E-state index contributed by atoms with van der Waals surface area (Å²) >= 11 is 8.69. The molecule has 0 saturated heterocycles. The van der Waals surface area contributed by atoms with E-state index in [1.54, 1.807) is 0 Å². The van der Waals surface area contributed by atoms with Gasteiger partial charge in [-0.2, -0.15) is 0 Å². The maximum atomic E-state index is 10.5. The lowest BCUT2D eigenvalue weighted by molar-refractivity contribution is 0.370. The van der Waals surface area contributed by atoms with E-state index in [9.17, 15) is 4.57 Å². The zero-order valence-electron chi connectivity index (χ0n) is 9.26. The zero-order valence-corrected chi connectivity index (χ0v) is 11.9. The van der Waals surface area contributed by atoms with Crippen LogP contribution in [0.3, 0.4) is 0 Å². The second-order valence-corrected chi connectivity index (χ2v) is 6.68. The lowest BCUT2D eigenvalue weighted by atomic mass is 10.1. The Balaban J connectivity index is 3.10. The van der Waals surface area contributed by atoms with Gasteiger partial charge in [-0.25, -0.2) is 0 Å². The van der Waals surface area contributed by atoms with E-state index in [-0.39, 0.29) is 6.16 Å². The average Bonchev–Trinajstić information content (AvgIpc) is 2.13. The minimum absolute atomic E-state index is 0.0163. The highest BCUT2D eigenvalue weighted by atomic mass is 32.1. The van der Waals surface area contributed by atoms with Crippen LogP contribution in [0.5, 0.6) is 0 Å². The highest BCUT2D eigenvalue weighted by Crippen LogP contribution is 2.35. The van der Waals surface area contributed by atoms with Crippen molar-refractivity contribution >= 4 is 36.8 Å². The van der Waals surface area contributed by atoms with Crippen LogP contribution in [0.15, 0.2) is 0 Å². The Hall–Kier alpha value is 0.390.